The maximum Gasteiger partial charge on any atom is 0.419 e. The molecule has 0 atom stereocenters. The number of rotatable bonds is 3. The van der Waals surface area contributed by atoms with Crippen molar-refractivity contribution >= 4 is 21.1 Å². The average molecular weight is 310 g/mol. The fraction of sp³-hybridized carbons (Fsp3) is 0.300. The maximum absolute atomic E-state index is 12.0. The number of hydrogen-bond acceptors (Lipinski definition) is 4. The summed E-state index contributed by atoms with van der Waals surface area (Å²) < 4.78 is 66.8. The largest absolute Gasteiger partial charge is 0.419 e. The van der Waals surface area contributed by atoms with Gasteiger partial charge in [-0.1, -0.05) is 0 Å². The molecule has 110 valence electrons. The first-order chi connectivity index (χ1) is 9.10. The van der Waals surface area contributed by atoms with Gasteiger partial charge in [0, 0.05) is 7.05 Å². The number of hydrogen-bond donors (Lipinski definition) is 1. The van der Waals surface area contributed by atoms with E-state index in [1.54, 1.807) is 0 Å². The van der Waals surface area contributed by atoms with E-state index >= 15 is 0 Å². The third-order valence-electron chi connectivity index (χ3n) is 2.54. The Morgan fingerprint density at radius 3 is 2.60 bits per heavy atom. The summed E-state index contributed by atoms with van der Waals surface area (Å²) in [6, 6.07) is 3.34. The van der Waals surface area contributed by atoms with Crippen LogP contribution in [-0.4, -0.2) is 25.7 Å². The van der Waals surface area contributed by atoms with Crippen LogP contribution in [-0.2, 0) is 17.1 Å². The molecule has 0 radical (unpaired) electrons. The van der Waals surface area contributed by atoms with Crippen LogP contribution in [0.5, 0.6) is 0 Å². The van der Waals surface area contributed by atoms with Crippen LogP contribution in [0.15, 0.2) is 32.3 Å². The molecule has 0 bridgehead atoms. The number of fused-ring (bicyclic) bond motifs is 1. The number of alkyl halides is 3. The number of nitrogens with one attached hydrogen (secondary N) is 1. The zero-order chi connectivity index (χ0) is 15.1. The molecule has 20 heavy (non-hydrogen) atoms. The van der Waals surface area contributed by atoms with Gasteiger partial charge < -0.3 is 4.42 Å². The van der Waals surface area contributed by atoms with Crippen LogP contribution in [0.4, 0.5) is 13.2 Å². The number of aryl methyl sites for hydroxylation is 1. The van der Waals surface area contributed by atoms with Gasteiger partial charge in [0.2, 0.25) is 10.0 Å². The summed E-state index contributed by atoms with van der Waals surface area (Å²) in [7, 11) is -2.96. The van der Waals surface area contributed by atoms with Crippen molar-refractivity contribution in [1.82, 2.24) is 9.29 Å². The van der Waals surface area contributed by atoms with E-state index in [2.05, 4.69) is 0 Å². The van der Waals surface area contributed by atoms with Gasteiger partial charge in [0.1, 0.15) is 6.54 Å². The van der Waals surface area contributed by atoms with E-state index in [1.165, 1.54) is 17.8 Å². The zero-order valence-electron chi connectivity index (χ0n) is 10.1. The summed E-state index contributed by atoms with van der Waals surface area (Å²) in [5.41, 5.74) is 0.317. The van der Waals surface area contributed by atoms with Crippen LogP contribution in [0.1, 0.15) is 0 Å². The summed E-state index contributed by atoms with van der Waals surface area (Å²) >= 11 is 0. The highest BCUT2D eigenvalue weighted by Crippen LogP contribution is 2.19. The molecule has 0 unspecified atom stereocenters. The number of aromatic nitrogens is 1. The van der Waals surface area contributed by atoms with Gasteiger partial charge in [0.15, 0.2) is 5.58 Å². The Morgan fingerprint density at radius 1 is 1.35 bits per heavy atom. The van der Waals surface area contributed by atoms with E-state index in [9.17, 15) is 26.4 Å². The van der Waals surface area contributed by atoms with E-state index in [4.69, 9.17) is 4.42 Å². The van der Waals surface area contributed by atoms with Crippen LogP contribution in [0.3, 0.4) is 0 Å². The van der Waals surface area contributed by atoms with E-state index < -0.39 is 28.5 Å². The third-order valence-corrected chi connectivity index (χ3v) is 3.93. The molecule has 0 aliphatic carbocycles. The number of sulfonamides is 1. The first kappa shape index (κ1) is 14.6. The topological polar surface area (TPSA) is 81.3 Å². The Balaban J connectivity index is 2.42. The molecule has 1 N–H and O–H groups in total. The molecular weight excluding hydrogens is 301 g/mol. The molecule has 6 nitrogen and oxygen atoms in total. The van der Waals surface area contributed by atoms with Crippen molar-refractivity contribution in [3.8, 4) is 0 Å². The lowest BCUT2D eigenvalue weighted by Crippen LogP contribution is -2.33. The minimum Gasteiger partial charge on any atom is -0.408 e. The summed E-state index contributed by atoms with van der Waals surface area (Å²) in [4.78, 5) is 10.9. The molecule has 10 heteroatoms. The number of halogens is 3. The first-order valence-corrected chi connectivity index (χ1v) is 6.74. The average Bonchev–Trinajstić information content (AvgIpc) is 2.62. The van der Waals surface area contributed by atoms with E-state index in [0.29, 0.717) is 0 Å². The SMILES string of the molecule is Cn1c(=O)oc2ccc(S(=O)(=O)NCC(F)(F)F)cc21. The second-order valence-corrected chi connectivity index (χ2v) is 5.76. The molecule has 2 aromatic rings. The summed E-state index contributed by atoms with van der Waals surface area (Å²) in [6.07, 6.45) is -4.65. The summed E-state index contributed by atoms with van der Waals surface area (Å²) in [5, 5.41) is 0. The van der Waals surface area contributed by atoms with E-state index in [1.807, 2.05) is 0 Å². The van der Waals surface area contributed by atoms with Gasteiger partial charge in [-0.25, -0.2) is 17.9 Å². The van der Waals surface area contributed by atoms with Crippen molar-refractivity contribution < 1.29 is 26.0 Å². The van der Waals surface area contributed by atoms with Crippen molar-refractivity contribution in [2.24, 2.45) is 7.05 Å². The van der Waals surface area contributed by atoms with Crippen molar-refractivity contribution in [3.05, 3.63) is 28.7 Å². The Kier molecular flexibility index (Phi) is 3.38. The van der Waals surface area contributed by atoms with Crippen molar-refractivity contribution in [3.63, 3.8) is 0 Å². The quantitative estimate of drug-likeness (QED) is 0.916. The van der Waals surface area contributed by atoms with Gasteiger partial charge >= 0.3 is 11.9 Å². The van der Waals surface area contributed by atoms with Gasteiger partial charge in [-0.15, -0.1) is 0 Å². The van der Waals surface area contributed by atoms with Crippen LogP contribution in [0.25, 0.3) is 11.1 Å². The number of oxazole rings is 1. The van der Waals surface area contributed by atoms with Crippen molar-refractivity contribution in [2.75, 3.05) is 6.54 Å². The molecule has 1 aromatic heterocycles. The Bertz CT molecular complexity index is 804. The van der Waals surface area contributed by atoms with Crippen LogP contribution in [0.2, 0.25) is 0 Å². The molecule has 1 aromatic carbocycles. The number of nitrogens with zero attached hydrogens (tertiary/aromatic N) is 1. The van der Waals surface area contributed by atoms with Crippen LogP contribution < -0.4 is 10.5 Å². The maximum atomic E-state index is 12.0. The molecule has 0 spiro atoms. The predicted molar refractivity (Wildman–Crippen MR) is 62.7 cm³/mol. The van der Waals surface area contributed by atoms with Crippen LogP contribution >= 0.6 is 0 Å². The molecule has 0 amide bonds. The van der Waals surface area contributed by atoms with Gasteiger partial charge in [0.05, 0.1) is 10.4 Å². The predicted octanol–water partition coefficient (Wildman–Crippen LogP) is 0.972. The Labute approximate surface area is 110 Å². The monoisotopic (exact) mass is 310 g/mol. The highest BCUT2D eigenvalue weighted by molar-refractivity contribution is 7.89. The normalized spacial score (nSPS) is 13.0. The molecule has 0 aliphatic heterocycles. The fourth-order valence-electron chi connectivity index (χ4n) is 1.53. The molecule has 0 aliphatic rings. The van der Waals surface area contributed by atoms with Gasteiger partial charge in [-0.05, 0) is 18.2 Å². The smallest absolute Gasteiger partial charge is 0.408 e. The van der Waals surface area contributed by atoms with Gasteiger partial charge in [-0.3, -0.25) is 4.57 Å². The molecular formula is C10H9F3N2O4S. The first-order valence-electron chi connectivity index (χ1n) is 5.26. The lowest BCUT2D eigenvalue weighted by atomic mass is 10.3. The standard InChI is InChI=1S/C10H9F3N2O4S/c1-15-7-4-6(2-3-8(7)19-9(15)16)20(17,18)14-5-10(11,12)13/h2-4,14H,5H2,1H3. The molecule has 0 saturated heterocycles. The lowest BCUT2D eigenvalue weighted by molar-refractivity contribution is -0.121. The lowest BCUT2D eigenvalue weighted by Gasteiger charge is -2.09. The van der Waals surface area contributed by atoms with Crippen LogP contribution in [0, 0.1) is 0 Å². The minimum absolute atomic E-state index is 0.146. The van der Waals surface area contributed by atoms with Gasteiger partial charge in [0.25, 0.3) is 0 Å². The van der Waals surface area contributed by atoms with E-state index in [0.717, 1.165) is 16.7 Å². The highest BCUT2D eigenvalue weighted by Gasteiger charge is 2.30. The van der Waals surface area contributed by atoms with Crippen molar-refractivity contribution in [1.29, 1.82) is 0 Å². The molecule has 0 fully saturated rings. The molecule has 0 saturated carbocycles. The summed E-state index contributed by atoms with van der Waals surface area (Å²) in [5.74, 6) is -0.696. The Morgan fingerprint density at radius 2 is 2.00 bits per heavy atom. The van der Waals surface area contributed by atoms with Crippen molar-refractivity contribution in [2.45, 2.75) is 11.1 Å². The number of benzene rings is 1. The fourth-order valence-corrected chi connectivity index (χ4v) is 2.57. The third kappa shape index (κ3) is 2.85. The highest BCUT2D eigenvalue weighted by atomic mass is 32.2. The second-order valence-electron chi connectivity index (χ2n) is 4.00. The Hall–Kier alpha value is -1.81. The molecule has 2 rings (SSSR count). The zero-order valence-corrected chi connectivity index (χ0v) is 10.9. The second kappa shape index (κ2) is 4.63. The summed E-state index contributed by atoms with van der Waals surface area (Å²) in [6.45, 7) is -1.67. The molecule has 1 heterocycles. The van der Waals surface area contributed by atoms with Gasteiger partial charge in [-0.2, -0.15) is 13.2 Å². The van der Waals surface area contributed by atoms with E-state index in [-0.39, 0.29) is 16.0 Å². The minimum atomic E-state index is -4.65.